The van der Waals surface area contributed by atoms with Crippen molar-refractivity contribution in [2.45, 2.75) is 29.9 Å². The second-order valence-electron chi connectivity index (χ2n) is 4.68. The standard InChI is InChI=1S/C13H18N4O4S2/c1-2-7-17-12(18)15-16-13(17)22-9-8-21-10-3-5-11(6-4-10)23(14,19)20/h3-6H,2,7-9H2,1H3,(H,15,18)(H2,14,19,20). The molecule has 0 spiro atoms. The van der Waals surface area contributed by atoms with Gasteiger partial charge in [0.05, 0.1) is 11.5 Å². The van der Waals surface area contributed by atoms with Gasteiger partial charge in [-0.2, -0.15) is 0 Å². The van der Waals surface area contributed by atoms with Crippen LogP contribution in [0.4, 0.5) is 0 Å². The van der Waals surface area contributed by atoms with Crippen molar-refractivity contribution in [3.05, 3.63) is 34.7 Å². The second-order valence-corrected chi connectivity index (χ2v) is 7.30. The summed E-state index contributed by atoms with van der Waals surface area (Å²) >= 11 is 1.41. The van der Waals surface area contributed by atoms with Gasteiger partial charge in [0.25, 0.3) is 0 Å². The van der Waals surface area contributed by atoms with Crippen LogP contribution in [0.2, 0.25) is 0 Å². The number of H-pyrrole nitrogens is 1. The zero-order valence-corrected chi connectivity index (χ0v) is 14.2. The van der Waals surface area contributed by atoms with Crippen molar-refractivity contribution < 1.29 is 13.2 Å². The van der Waals surface area contributed by atoms with Gasteiger partial charge in [-0.25, -0.2) is 23.4 Å². The van der Waals surface area contributed by atoms with E-state index in [1.807, 2.05) is 6.92 Å². The Kier molecular flexibility index (Phi) is 5.85. The van der Waals surface area contributed by atoms with Crippen molar-refractivity contribution in [1.29, 1.82) is 0 Å². The SMILES string of the molecule is CCCn1c(SCCOc2ccc(S(N)(=O)=O)cc2)n[nH]c1=O. The highest BCUT2D eigenvalue weighted by Crippen LogP contribution is 2.17. The molecule has 0 saturated heterocycles. The highest BCUT2D eigenvalue weighted by Gasteiger charge is 2.09. The third-order valence-corrected chi connectivity index (χ3v) is 4.78. The summed E-state index contributed by atoms with van der Waals surface area (Å²) in [5.41, 5.74) is -0.214. The van der Waals surface area contributed by atoms with Crippen LogP contribution in [0.1, 0.15) is 13.3 Å². The number of primary sulfonamides is 1. The molecule has 0 atom stereocenters. The molecule has 1 heterocycles. The minimum absolute atomic E-state index is 0.0410. The Hall–Kier alpha value is -1.78. The van der Waals surface area contributed by atoms with Gasteiger partial charge in [0.2, 0.25) is 10.0 Å². The number of thioether (sulfide) groups is 1. The van der Waals surface area contributed by atoms with Crippen LogP contribution in [-0.4, -0.2) is 35.5 Å². The number of rotatable bonds is 8. The topological polar surface area (TPSA) is 120 Å². The number of nitrogens with zero attached hydrogens (tertiary/aromatic N) is 2. The largest absolute Gasteiger partial charge is 0.493 e. The molecule has 2 aromatic rings. The summed E-state index contributed by atoms with van der Waals surface area (Å²) in [7, 11) is -3.69. The quantitative estimate of drug-likeness (QED) is 0.532. The Labute approximate surface area is 138 Å². The van der Waals surface area contributed by atoms with E-state index in [-0.39, 0.29) is 10.6 Å². The van der Waals surface area contributed by atoms with E-state index in [4.69, 9.17) is 9.88 Å². The van der Waals surface area contributed by atoms with Gasteiger partial charge in [-0.1, -0.05) is 18.7 Å². The van der Waals surface area contributed by atoms with E-state index in [2.05, 4.69) is 10.2 Å². The molecule has 1 aromatic carbocycles. The molecule has 0 aliphatic rings. The Balaban J connectivity index is 1.85. The van der Waals surface area contributed by atoms with Gasteiger partial charge >= 0.3 is 5.69 Å². The van der Waals surface area contributed by atoms with Gasteiger partial charge in [-0.3, -0.25) is 4.57 Å². The van der Waals surface area contributed by atoms with E-state index in [0.29, 0.717) is 29.8 Å². The molecule has 0 aliphatic heterocycles. The van der Waals surface area contributed by atoms with Crippen LogP contribution in [0.25, 0.3) is 0 Å². The van der Waals surface area contributed by atoms with Crippen LogP contribution in [-0.2, 0) is 16.6 Å². The zero-order valence-electron chi connectivity index (χ0n) is 12.6. The van der Waals surface area contributed by atoms with Crippen molar-refractivity contribution >= 4 is 21.8 Å². The molecule has 1 aromatic heterocycles. The minimum atomic E-state index is -3.69. The molecule has 23 heavy (non-hydrogen) atoms. The molecule has 2 rings (SSSR count). The lowest BCUT2D eigenvalue weighted by molar-refractivity contribution is 0.343. The van der Waals surface area contributed by atoms with Gasteiger partial charge in [-0.15, -0.1) is 5.10 Å². The third-order valence-electron chi connectivity index (χ3n) is 2.91. The van der Waals surface area contributed by atoms with E-state index in [1.54, 1.807) is 16.7 Å². The first-order chi connectivity index (χ1) is 10.9. The highest BCUT2D eigenvalue weighted by atomic mass is 32.2. The van der Waals surface area contributed by atoms with Gasteiger partial charge in [-0.05, 0) is 30.7 Å². The molecule has 0 bridgehead atoms. The summed E-state index contributed by atoms with van der Waals surface area (Å²) in [5, 5.41) is 12.1. The highest BCUT2D eigenvalue weighted by molar-refractivity contribution is 7.99. The van der Waals surface area contributed by atoms with E-state index < -0.39 is 10.0 Å². The molecular formula is C13H18N4O4S2. The number of nitrogens with two attached hydrogens (primary N) is 1. The fourth-order valence-corrected chi connectivity index (χ4v) is 3.16. The van der Waals surface area contributed by atoms with Crippen LogP contribution in [0.15, 0.2) is 39.1 Å². The van der Waals surface area contributed by atoms with Crippen molar-refractivity contribution in [3.63, 3.8) is 0 Å². The Morgan fingerprint density at radius 3 is 2.65 bits per heavy atom. The number of aromatic amines is 1. The molecule has 0 fully saturated rings. The Bertz CT molecular complexity index is 796. The first-order valence-electron chi connectivity index (χ1n) is 6.95. The molecule has 3 N–H and O–H groups in total. The molecule has 0 aliphatic carbocycles. The molecule has 0 amide bonds. The second kappa shape index (κ2) is 7.66. The number of aromatic nitrogens is 3. The number of hydrogen-bond donors (Lipinski definition) is 2. The number of ether oxygens (including phenoxy) is 1. The fourth-order valence-electron chi connectivity index (χ4n) is 1.85. The Morgan fingerprint density at radius 2 is 2.04 bits per heavy atom. The zero-order chi connectivity index (χ0) is 16.9. The van der Waals surface area contributed by atoms with Gasteiger partial charge in [0, 0.05) is 12.3 Å². The van der Waals surface area contributed by atoms with Gasteiger partial charge in [0.1, 0.15) is 5.75 Å². The molecule has 10 heteroatoms. The first-order valence-corrected chi connectivity index (χ1v) is 9.48. The average Bonchev–Trinajstić information content (AvgIpc) is 2.85. The van der Waals surface area contributed by atoms with Crippen LogP contribution in [0.3, 0.4) is 0 Å². The predicted octanol–water partition coefficient (Wildman–Crippen LogP) is 0.800. The van der Waals surface area contributed by atoms with Crippen molar-refractivity contribution in [3.8, 4) is 5.75 Å². The van der Waals surface area contributed by atoms with Crippen LogP contribution in [0.5, 0.6) is 5.75 Å². The lowest BCUT2D eigenvalue weighted by Crippen LogP contribution is -2.17. The Morgan fingerprint density at radius 1 is 1.35 bits per heavy atom. The molecule has 0 saturated carbocycles. The molecule has 0 unspecified atom stereocenters. The number of sulfonamides is 1. The van der Waals surface area contributed by atoms with E-state index in [0.717, 1.165) is 6.42 Å². The van der Waals surface area contributed by atoms with Crippen molar-refractivity contribution in [2.24, 2.45) is 5.14 Å². The van der Waals surface area contributed by atoms with Crippen LogP contribution >= 0.6 is 11.8 Å². The minimum Gasteiger partial charge on any atom is -0.493 e. The molecule has 0 radical (unpaired) electrons. The van der Waals surface area contributed by atoms with Crippen molar-refractivity contribution in [2.75, 3.05) is 12.4 Å². The maximum atomic E-state index is 11.5. The summed E-state index contributed by atoms with van der Waals surface area (Å²) in [6, 6.07) is 5.88. The van der Waals surface area contributed by atoms with Gasteiger partial charge < -0.3 is 4.74 Å². The maximum absolute atomic E-state index is 11.5. The van der Waals surface area contributed by atoms with Crippen LogP contribution in [0, 0.1) is 0 Å². The maximum Gasteiger partial charge on any atom is 0.343 e. The lowest BCUT2D eigenvalue weighted by atomic mass is 10.3. The fraction of sp³-hybridized carbons (Fsp3) is 0.385. The molecular weight excluding hydrogens is 340 g/mol. The number of nitrogens with one attached hydrogen (secondary N) is 1. The average molecular weight is 358 g/mol. The monoisotopic (exact) mass is 358 g/mol. The third kappa shape index (κ3) is 4.85. The van der Waals surface area contributed by atoms with E-state index >= 15 is 0 Å². The molecule has 126 valence electrons. The predicted molar refractivity (Wildman–Crippen MR) is 87.2 cm³/mol. The lowest BCUT2D eigenvalue weighted by Gasteiger charge is -2.07. The smallest absolute Gasteiger partial charge is 0.343 e. The summed E-state index contributed by atoms with van der Waals surface area (Å²) < 4.78 is 29.4. The summed E-state index contributed by atoms with van der Waals surface area (Å²) in [5.74, 6) is 1.15. The van der Waals surface area contributed by atoms with Crippen LogP contribution < -0.4 is 15.6 Å². The van der Waals surface area contributed by atoms with Gasteiger partial charge in [0.15, 0.2) is 5.16 Å². The molecule has 8 nitrogen and oxygen atoms in total. The summed E-state index contributed by atoms with van der Waals surface area (Å²) in [4.78, 5) is 11.6. The van der Waals surface area contributed by atoms with E-state index in [1.165, 1.54) is 23.9 Å². The normalized spacial score (nSPS) is 11.6. The van der Waals surface area contributed by atoms with Crippen molar-refractivity contribution in [1.82, 2.24) is 14.8 Å². The first kappa shape index (κ1) is 17.6. The summed E-state index contributed by atoms with van der Waals surface area (Å²) in [6.07, 6.45) is 0.847. The number of hydrogen-bond acceptors (Lipinski definition) is 6. The summed E-state index contributed by atoms with van der Waals surface area (Å²) in [6.45, 7) is 3.00. The van der Waals surface area contributed by atoms with E-state index in [9.17, 15) is 13.2 Å². The number of benzene rings is 1.